The molecule has 0 bridgehead atoms. The number of rotatable bonds is 4. The molecule has 0 aliphatic carbocycles. The number of phenols is 1. The maximum Gasteiger partial charge on any atom is 0.354 e. The Balaban J connectivity index is 1.83. The highest BCUT2D eigenvalue weighted by Crippen LogP contribution is 2.50. The van der Waals surface area contributed by atoms with Gasteiger partial charge in [0, 0.05) is 44.5 Å². The zero-order valence-electron chi connectivity index (χ0n) is 26.6. The van der Waals surface area contributed by atoms with Crippen molar-refractivity contribution in [3.8, 4) is 22.6 Å². The Labute approximate surface area is 274 Å². The van der Waals surface area contributed by atoms with Gasteiger partial charge in [-0.05, 0) is 56.0 Å². The van der Waals surface area contributed by atoms with E-state index >= 15 is 8.78 Å². The highest BCUT2D eigenvalue weighted by Gasteiger charge is 2.40. The fourth-order valence-electron chi connectivity index (χ4n) is 6.97. The lowest BCUT2D eigenvalue weighted by Gasteiger charge is -2.48. The van der Waals surface area contributed by atoms with Crippen LogP contribution in [0.25, 0.3) is 27.7 Å². The first kappa shape index (κ1) is 32.4. The number of nitrogens with zero attached hydrogens (tertiary/aromatic N) is 6. The Bertz CT molecular complexity index is 2030. The van der Waals surface area contributed by atoms with Crippen molar-refractivity contribution in [1.82, 2.24) is 19.4 Å². The lowest BCUT2D eigenvalue weighted by atomic mass is 9.95. The van der Waals surface area contributed by atoms with Crippen LogP contribution in [-0.2, 0) is 4.79 Å². The first-order valence-electron chi connectivity index (χ1n) is 15.3. The number of amides is 1. The molecule has 13 heteroatoms. The van der Waals surface area contributed by atoms with Crippen LogP contribution in [0, 0.1) is 24.4 Å². The zero-order chi connectivity index (χ0) is 34.1. The molecule has 0 radical (unpaired) electrons. The first-order valence-corrected chi connectivity index (χ1v) is 15.7. The van der Waals surface area contributed by atoms with Crippen molar-refractivity contribution < 1.29 is 23.1 Å². The summed E-state index contributed by atoms with van der Waals surface area (Å²) in [6.07, 6.45) is 3.30. The molecule has 246 valence electrons. The molecule has 47 heavy (non-hydrogen) atoms. The van der Waals surface area contributed by atoms with Gasteiger partial charge >= 0.3 is 5.69 Å². The normalized spacial score (nSPS) is 18.0. The molecule has 4 heterocycles. The van der Waals surface area contributed by atoms with E-state index in [1.54, 1.807) is 36.0 Å². The first-order chi connectivity index (χ1) is 22.3. The molecule has 2 aliphatic rings. The predicted octanol–water partition coefficient (Wildman–Crippen LogP) is 6.09. The minimum absolute atomic E-state index is 0.00146. The van der Waals surface area contributed by atoms with Gasteiger partial charge in [0.1, 0.15) is 11.6 Å². The van der Waals surface area contributed by atoms with E-state index in [0.717, 1.165) is 12.1 Å². The fraction of sp³-hybridized carbons (Fsp3) is 0.353. The summed E-state index contributed by atoms with van der Waals surface area (Å²) in [5.41, 5.74) is -0.619. The number of carbonyl (C=O) groups is 1. The topological polar surface area (TPSA) is 94.8 Å². The van der Waals surface area contributed by atoms with Gasteiger partial charge in [0.2, 0.25) is 5.91 Å². The fourth-order valence-corrected chi connectivity index (χ4v) is 7.33. The van der Waals surface area contributed by atoms with Crippen LogP contribution in [0.1, 0.15) is 44.4 Å². The molecule has 2 aromatic carbocycles. The third kappa shape index (κ3) is 5.00. The van der Waals surface area contributed by atoms with Crippen LogP contribution in [0.4, 0.5) is 24.7 Å². The number of piperazine rings is 1. The van der Waals surface area contributed by atoms with Gasteiger partial charge in [-0.15, -0.1) is 0 Å². The summed E-state index contributed by atoms with van der Waals surface area (Å²) in [5, 5.41) is 10.5. The predicted molar refractivity (Wildman–Crippen MR) is 176 cm³/mol. The van der Waals surface area contributed by atoms with E-state index in [1.807, 2.05) is 25.7 Å². The highest BCUT2D eigenvalue weighted by atomic mass is 35.5. The second-order valence-electron chi connectivity index (χ2n) is 12.5. The summed E-state index contributed by atoms with van der Waals surface area (Å²) < 4.78 is 48.5. The van der Waals surface area contributed by atoms with Crippen LogP contribution < -0.4 is 15.5 Å². The number of hydrogen-bond donors (Lipinski definition) is 1. The van der Waals surface area contributed by atoms with Crippen molar-refractivity contribution in [2.24, 2.45) is 0 Å². The summed E-state index contributed by atoms with van der Waals surface area (Å²) in [6.45, 7) is 12.0. The number of aryl methyl sites for hydroxylation is 1. The molecular formula is C34H34ClF3N6O3. The lowest BCUT2D eigenvalue weighted by molar-refractivity contribution is -0.127. The molecule has 9 nitrogen and oxygen atoms in total. The molecule has 1 amide bonds. The number of pyridine rings is 1. The third-order valence-corrected chi connectivity index (χ3v) is 9.48. The molecular weight excluding hydrogens is 633 g/mol. The van der Waals surface area contributed by atoms with Crippen LogP contribution in [0.5, 0.6) is 5.75 Å². The zero-order valence-corrected chi connectivity index (χ0v) is 27.4. The van der Waals surface area contributed by atoms with Gasteiger partial charge in [0.15, 0.2) is 17.5 Å². The second kappa shape index (κ2) is 11.9. The van der Waals surface area contributed by atoms with E-state index in [-0.39, 0.29) is 59.4 Å². The number of aromatic nitrogens is 3. The smallest absolute Gasteiger partial charge is 0.354 e. The van der Waals surface area contributed by atoms with Crippen LogP contribution in [-0.4, -0.2) is 69.2 Å². The van der Waals surface area contributed by atoms with Crippen molar-refractivity contribution in [1.29, 1.82) is 0 Å². The Hall–Kier alpha value is -4.58. The van der Waals surface area contributed by atoms with Crippen molar-refractivity contribution >= 4 is 39.9 Å². The van der Waals surface area contributed by atoms with Gasteiger partial charge in [-0.3, -0.25) is 14.3 Å². The van der Waals surface area contributed by atoms with E-state index in [9.17, 15) is 19.1 Å². The van der Waals surface area contributed by atoms with E-state index in [2.05, 4.69) is 16.5 Å². The Kier molecular flexibility index (Phi) is 8.19. The van der Waals surface area contributed by atoms with E-state index in [4.69, 9.17) is 11.6 Å². The van der Waals surface area contributed by atoms with Crippen molar-refractivity contribution in [3.05, 3.63) is 81.3 Å². The average Bonchev–Trinajstić information content (AvgIpc) is 3.02. The maximum absolute atomic E-state index is 17.1. The molecule has 2 aliphatic heterocycles. The van der Waals surface area contributed by atoms with E-state index in [0.29, 0.717) is 29.9 Å². The quantitative estimate of drug-likeness (QED) is 0.264. The Morgan fingerprint density at radius 3 is 2.53 bits per heavy atom. The summed E-state index contributed by atoms with van der Waals surface area (Å²) in [7, 11) is 1.64. The SMILES string of the molecule is C=CC(=O)N1CC(C)N2c3nc(=O)n(-c4c(C)ccnc4C(C)C)c4c(Cl)c(-c5c(O)ccc(F)c5F)c(F)c(c34)N(C)CCC2C1. The van der Waals surface area contributed by atoms with Crippen molar-refractivity contribution in [3.63, 3.8) is 0 Å². The number of hydrogen-bond acceptors (Lipinski definition) is 7. The molecule has 1 N–H and O–H groups in total. The van der Waals surface area contributed by atoms with Gasteiger partial charge in [-0.2, -0.15) is 4.98 Å². The Morgan fingerprint density at radius 2 is 1.85 bits per heavy atom. The number of carbonyl (C=O) groups excluding carboxylic acids is 1. The summed E-state index contributed by atoms with van der Waals surface area (Å²) in [5.74, 6) is -4.81. The number of fused-ring (bicyclic) bond motifs is 2. The van der Waals surface area contributed by atoms with Gasteiger partial charge < -0.3 is 19.8 Å². The summed E-state index contributed by atoms with van der Waals surface area (Å²) in [4.78, 5) is 41.4. The van der Waals surface area contributed by atoms with Gasteiger partial charge in [-0.1, -0.05) is 32.0 Å². The molecule has 6 rings (SSSR count). The van der Waals surface area contributed by atoms with Gasteiger partial charge in [0.05, 0.1) is 44.6 Å². The number of anilines is 2. The molecule has 1 fully saturated rings. The monoisotopic (exact) mass is 666 g/mol. The Morgan fingerprint density at radius 1 is 1.13 bits per heavy atom. The maximum atomic E-state index is 17.1. The molecule has 0 saturated carbocycles. The second-order valence-corrected chi connectivity index (χ2v) is 12.8. The minimum atomic E-state index is -1.49. The summed E-state index contributed by atoms with van der Waals surface area (Å²) >= 11 is 7.10. The van der Waals surface area contributed by atoms with Crippen LogP contribution in [0.2, 0.25) is 5.02 Å². The average molecular weight is 667 g/mol. The van der Waals surface area contributed by atoms with Crippen molar-refractivity contribution in [2.45, 2.75) is 52.1 Å². The third-order valence-electron chi connectivity index (χ3n) is 9.11. The molecule has 2 unspecified atom stereocenters. The highest BCUT2D eigenvalue weighted by molar-refractivity contribution is 6.39. The van der Waals surface area contributed by atoms with E-state index in [1.165, 1.54) is 10.6 Å². The van der Waals surface area contributed by atoms with Gasteiger partial charge in [-0.25, -0.2) is 18.0 Å². The van der Waals surface area contributed by atoms with Crippen LogP contribution >= 0.6 is 11.6 Å². The number of halogens is 4. The number of phenolic OH excluding ortho intramolecular Hbond substituents is 1. The summed E-state index contributed by atoms with van der Waals surface area (Å²) in [6, 6.07) is 2.69. The number of aromatic hydroxyl groups is 1. The number of benzene rings is 2. The lowest BCUT2D eigenvalue weighted by Crippen LogP contribution is -2.60. The molecule has 2 atom stereocenters. The van der Waals surface area contributed by atoms with E-state index < -0.39 is 45.0 Å². The largest absolute Gasteiger partial charge is 0.507 e. The van der Waals surface area contributed by atoms with Crippen molar-refractivity contribution in [2.75, 3.05) is 36.5 Å². The van der Waals surface area contributed by atoms with Gasteiger partial charge in [0.25, 0.3) is 0 Å². The van der Waals surface area contributed by atoms with Crippen LogP contribution in [0.3, 0.4) is 0 Å². The molecule has 2 aromatic heterocycles. The molecule has 4 aromatic rings. The molecule has 0 spiro atoms. The standard InChI is InChI=1S/C34H34ClF3N6O3/c1-7-22(46)42-14-18(5)43-19(15-42)11-13-41(6)32-25-31(26(35)24(28(32)38)23-21(45)9-8-20(36)27(23)37)44(34(47)40-33(25)43)30-17(4)10-12-39-29(30)16(2)3/h7-10,12,16,18-19,45H,1,11,13-15H2,2-6H3. The minimum Gasteiger partial charge on any atom is -0.507 e. The van der Waals surface area contributed by atoms with Crippen LogP contribution in [0.15, 0.2) is 41.8 Å². The molecule has 1 saturated heterocycles.